The van der Waals surface area contributed by atoms with Gasteiger partial charge in [-0.2, -0.15) is 0 Å². The molecule has 1 heterocycles. The normalized spacial score (nSPS) is 17.6. The molecule has 1 fully saturated rings. The summed E-state index contributed by atoms with van der Waals surface area (Å²) in [6, 6.07) is 5.00. The Labute approximate surface area is 103 Å². The minimum Gasteiger partial charge on any atom is -0.373 e. The first kappa shape index (κ1) is 12.0. The molecule has 2 nitrogen and oxygen atoms in total. The highest BCUT2D eigenvalue weighted by molar-refractivity contribution is 9.10. The Bertz CT molecular complexity index is 353. The van der Waals surface area contributed by atoms with Gasteiger partial charge in [-0.25, -0.2) is 4.39 Å². The Morgan fingerprint density at radius 1 is 1.38 bits per heavy atom. The summed E-state index contributed by atoms with van der Waals surface area (Å²) in [5.41, 5.74) is 1.01. The van der Waals surface area contributed by atoms with Crippen LogP contribution in [0.5, 0.6) is 0 Å². The van der Waals surface area contributed by atoms with E-state index in [2.05, 4.69) is 21.2 Å². The fourth-order valence-electron chi connectivity index (χ4n) is 1.81. The largest absolute Gasteiger partial charge is 0.373 e. The van der Waals surface area contributed by atoms with Gasteiger partial charge < -0.3 is 10.1 Å². The van der Waals surface area contributed by atoms with Gasteiger partial charge in [0.2, 0.25) is 0 Å². The molecule has 1 aliphatic heterocycles. The van der Waals surface area contributed by atoms with E-state index in [1.54, 1.807) is 12.1 Å². The van der Waals surface area contributed by atoms with Crippen LogP contribution in [0.25, 0.3) is 0 Å². The van der Waals surface area contributed by atoms with Gasteiger partial charge in [0.1, 0.15) is 5.82 Å². The highest BCUT2D eigenvalue weighted by Gasteiger charge is 2.13. The van der Waals surface area contributed by atoms with Crippen LogP contribution in [0.4, 0.5) is 4.39 Å². The highest BCUT2D eigenvalue weighted by atomic mass is 79.9. The van der Waals surface area contributed by atoms with Gasteiger partial charge in [-0.3, -0.25) is 0 Å². The lowest BCUT2D eigenvalue weighted by Crippen LogP contribution is -2.32. The van der Waals surface area contributed by atoms with Crippen LogP contribution in [0.3, 0.4) is 0 Å². The van der Waals surface area contributed by atoms with Crippen LogP contribution in [0.2, 0.25) is 0 Å². The Balaban J connectivity index is 1.86. The van der Waals surface area contributed by atoms with Crippen molar-refractivity contribution in [3.8, 4) is 0 Å². The van der Waals surface area contributed by atoms with E-state index < -0.39 is 0 Å². The van der Waals surface area contributed by atoms with Crippen LogP contribution < -0.4 is 5.32 Å². The zero-order valence-electron chi connectivity index (χ0n) is 9.01. The van der Waals surface area contributed by atoms with Crippen molar-refractivity contribution in [2.45, 2.75) is 25.6 Å². The molecule has 88 valence electrons. The molecule has 1 aliphatic rings. The monoisotopic (exact) mass is 287 g/mol. The maximum atomic E-state index is 13.0. The van der Waals surface area contributed by atoms with Crippen LogP contribution in [0, 0.1) is 5.82 Å². The van der Waals surface area contributed by atoms with Crippen molar-refractivity contribution >= 4 is 15.9 Å². The molecule has 0 aliphatic carbocycles. The van der Waals surface area contributed by atoms with E-state index in [4.69, 9.17) is 4.74 Å². The van der Waals surface area contributed by atoms with E-state index in [-0.39, 0.29) is 5.82 Å². The summed E-state index contributed by atoms with van der Waals surface area (Å²) >= 11 is 3.17. The molecule has 0 amide bonds. The summed E-state index contributed by atoms with van der Waals surface area (Å²) < 4.78 is 19.3. The smallest absolute Gasteiger partial charge is 0.137 e. The van der Waals surface area contributed by atoms with E-state index in [9.17, 15) is 4.39 Å². The van der Waals surface area contributed by atoms with E-state index in [1.165, 1.54) is 6.07 Å². The summed E-state index contributed by atoms with van der Waals surface area (Å²) in [7, 11) is 0. The molecular formula is C12H15BrFNO. The molecule has 0 radical (unpaired) electrons. The van der Waals surface area contributed by atoms with Gasteiger partial charge in [0.05, 0.1) is 17.2 Å². The second kappa shape index (κ2) is 5.75. The minimum absolute atomic E-state index is 0.231. The first-order chi connectivity index (χ1) is 7.75. The molecule has 0 unspecified atom stereocenters. The number of rotatable bonds is 3. The van der Waals surface area contributed by atoms with Gasteiger partial charge in [-0.05, 0) is 59.6 Å². The average Bonchev–Trinajstić information content (AvgIpc) is 2.32. The number of ether oxygens (including phenoxy) is 1. The van der Waals surface area contributed by atoms with Crippen LogP contribution in [0.15, 0.2) is 22.7 Å². The van der Waals surface area contributed by atoms with Crippen molar-refractivity contribution in [1.29, 1.82) is 0 Å². The predicted octanol–water partition coefficient (Wildman–Crippen LogP) is 2.86. The van der Waals surface area contributed by atoms with Gasteiger partial charge in [0.15, 0.2) is 0 Å². The number of halogens is 2. The molecule has 0 aromatic heterocycles. The van der Waals surface area contributed by atoms with Gasteiger partial charge in [-0.15, -0.1) is 0 Å². The summed E-state index contributed by atoms with van der Waals surface area (Å²) in [5, 5.41) is 3.29. The van der Waals surface area contributed by atoms with Crippen molar-refractivity contribution in [3.63, 3.8) is 0 Å². The summed E-state index contributed by atoms with van der Waals surface area (Å²) in [4.78, 5) is 0. The molecule has 2 rings (SSSR count). The van der Waals surface area contributed by atoms with Crippen molar-refractivity contribution < 1.29 is 9.13 Å². The molecule has 0 atom stereocenters. The Morgan fingerprint density at radius 3 is 2.81 bits per heavy atom. The van der Waals surface area contributed by atoms with Crippen LogP contribution >= 0.6 is 15.9 Å². The maximum absolute atomic E-state index is 13.0. The lowest BCUT2D eigenvalue weighted by atomic mass is 10.1. The van der Waals surface area contributed by atoms with Gasteiger partial charge in [0.25, 0.3) is 0 Å². The van der Waals surface area contributed by atoms with Gasteiger partial charge >= 0.3 is 0 Å². The maximum Gasteiger partial charge on any atom is 0.137 e. The van der Waals surface area contributed by atoms with E-state index in [0.29, 0.717) is 17.2 Å². The lowest BCUT2D eigenvalue weighted by Gasteiger charge is -2.23. The van der Waals surface area contributed by atoms with Crippen molar-refractivity contribution in [2.24, 2.45) is 0 Å². The van der Waals surface area contributed by atoms with Gasteiger partial charge in [-0.1, -0.05) is 6.07 Å². The van der Waals surface area contributed by atoms with Crippen LogP contribution in [-0.4, -0.2) is 19.2 Å². The molecule has 1 saturated heterocycles. The molecule has 1 aromatic rings. The van der Waals surface area contributed by atoms with Crippen LogP contribution in [0.1, 0.15) is 18.4 Å². The number of piperidine rings is 1. The quantitative estimate of drug-likeness (QED) is 0.923. The minimum atomic E-state index is -0.231. The zero-order valence-corrected chi connectivity index (χ0v) is 10.6. The van der Waals surface area contributed by atoms with Crippen molar-refractivity contribution in [1.82, 2.24) is 5.32 Å². The van der Waals surface area contributed by atoms with Crippen molar-refractivity contribution in [2.75, 3.05) is 13.1 Å². The molecule has 0 bridgehead atoms. The SMILES string of the molecule is Fc1ccc(COC2CCNCC2)cc1Br. The van der Waals surface area contributed by atoms with Gasteiger partial charge in [0, 0.05) is 0 Å². The molecular weight excluding hydrogens is 273 g/mol. The number of benzene rings is 1. The third-order valence-electron chi connectivity index (χ3n) is 2.76. The number of nitrogens with one attached hydrogen (secondary N) is 1. The number of hydrogen-bond acceptors (Lipinski definition) is 2. The van der Waals surface area contributed by atoms with E-state index in [0.717, 1.165) is 31.5 Å². The molecule has 1 aromatic carbocycles. The van der Waals surface area contributed by atoms with Crippen LogP contribution in [-0.2, 0) is 11.3 Å². The predicted molar refractivity (Wildman–Crippen MR) is 64.8 cm³/mol. The van der Waals surface area contributed by atoms with E-state index in [1.807, 2.05) is 0 Å². The fourth-order valence-corrected chi connectivity index (χ4v) is 2.23. The highest BCUT2D eigenvalue weighted by Crippen LogP contribution is 2.18. The Kier molecular flexibility index (Phi) is 4.32. The third-order valence-corrected chi connectivity index (χ3v) is 3.36. The topological polar surface area (TPSA) is 21.3 Å². The van der Waals surface area contributed by atoms with E-state index >= 15 is 0 Å². The lowest BCUT2D eigenvalue weighted by molar-refractivity contribution is 0.0212. The Morgan fingerprint density at radius 2 is 2.12 bits per heavy atom. The summed E-state index contributed by atoms with van der Waals surface area (Å²) in [5.74, 6) is -0.231. The molecule has 1 N–H and O–H groups in total. The molecule has 4 heteroatoms. The average molecular weight is 288 g/mol. The first-order valence-electron chi connectivity index (χ1n) is 5.52. The third kappa shape index (κ3) is 3.27. The second-order valence-corrected chi connectivity index (χ2v) is 4.86. The zero-order chi connectivity index (χ0) is 11.4. The number of hydrogen-bond donors (Lipinski definition) is 1. The fraction of sp³-hybridized carbons (Fsp3) is 0.500. The second-order valence-electron chi connectivity index (χ2n) is 4.01. The molecule has 0 spiro atoms. The Hall–Kier alpha value is -0.450. The standard InChI is InChI=1S/C12H15BrFNO/c13-11-7-9(1-2-12(11)14)8-16-10-3-5-15-6-4-10/h1-2,7,10,15H,3-6,8H2. The summed E-state index contributed by atoms with van der Waals surface area (Å²) in [6.45, 7) is 2.61. The molecule has 0 saturated carbocycles. The first-order valence-corrected chi connectivity index (χ1v) is 6.31. The summed E-state index contributed by atoms with van der Waals surface area (Å²) in [6.07, 6.45) is 2.45. The van der Waals surface area contributed by atoms with Crippen molar-refractivity contribution in [3.05, 3.63) is 34.1 Å². The molecule has 16 heavy (non-hydrogen) atoms.